The van der Waals surface area contributed by atoms with Crippen LogP contribution in [0.2, 0.25) is 5.02 Å². The third kappa shape index (κ3) is 50.3. The van der Waals surface area contributed by atoms with Gasteiger partial charge in [0.05, 0.1) is 56.4 Å². The Labute approximate surface area is 564 Å². The molecule has 0 amide bonds. The summed E-state index contributed by atoms with van der Waals surface area (Å²) >= 11 is 5.76. The standard InChI is InChI=1S/C12H16O2.C12H18O.C12H16O.C12H18.C11H16O.C10H13Cl.6CH4O2/c1-3-9(2)10-5-4-6-11(7-10)12(14)8-13;1-5-9(2)11-6-7-12(13-4)10(3)8-11;1-4-9(2)11-6-5-7-12(8-11)10(3)13;1-5-9(2)12-7-6-10(3)11(4)8-12;1-3-9(2)11-6-4-5-10(7-11)8-12;1-3-8(2)9-4-6-10(11)7-5-9;6*1-3-2/h4-7,9,13H,3,8H2,1-2H3;6-9H,5H2,1-4H3;5-9H,4H2,1-3H3;6-9H,5H2,1-4H3;4-7,9,12H,3,8H2,1-2H3;4-8H,3H2,1-2H3;6*2H,1H3. The molecule has 0 heterocycles. The fourth-order valence-corrected chi connectivity index (χ4v) is 7.78. The molecular formula is C75H121ClO17. The number of halogens is 1. The second-order valence-electron chi connectivity index (χ2n) is 21.4. The molecule has 0 aromatic heterocycles. The maximum atomic E-state index is 11.2. The van der Waals surface area contributed by atoms with Crippen molar-refractivity contribution in [2.24, 2.45) is 0 Å². The van der Waals surface area contributed by atoms with Crippen LogP contribution in [0, 0.1) is 20.8 Å². The normalized spacial score (nSPS) is 11.4. The molecule has 0 radical (unpaired) electrons. The van der Waals surface area contributed by atoms with Gasteiger partial charge in [0.2, 0.25) is 0 Å². The number of hydrogen-bond donors (Lipinski definition) is 8. The van der Waals surface area contributed by atoms with Crippen molar-refractivity contribution in [1.29, 1.82) is 0 Å². The minimum atomic E-state index is -0.413. The maximum absolute atomic E-state index is 11.2. The van der Waals surface area contributed by atoms with Gasteiger partial charge >= 0.3 is 0 Å². The summed E-state index contributed by atoms with van der Waals surface area (Å²) in [5, 5.41) is 60.9. The number of ether oxygens (including phenoxy) is 1. The summed E-state index contributed by atoms with van der Waals surface area (Å²) < 4.78 is 5.21. The van der Waals surface area contributed by atoms with E-state index < -0.39 is 6.61 Å². The van der Waals surface area contributed by atoms with E-state index in [1.165, 1.54) is 106 Å². The zero-order valence-corrected chi connectivity index (χ0v) is 61.2. The number of carbonyl (C=O) groups is 2. The number of ketones is 2. The highest BCUT2D eigenvalue weighted by Gasteiger charge is 2.10. The van der Waals surface area contributed by atoms with Crippen LogP contribution in [0.5, 0.6) is 5.75 Å². The quantitative estimate of drug-likeness (QED) is 0.0240. The molecular weight excluding hydrogens is 1210 g/mol. The predicted molar refractivity (Wildman–Crippen MR) is 382 cm³/mol. The highest BCUT2D eigenvalue weighted by Crippen LogP contribution is 2.26. The molecule has 0 fully saturated rings. The first-order chi connectivity index (χ1) is 44.2. The molecule has 0 saturated carbocycles. The Bertz CT molecular complexity index is 2650. The second kappa shape index (κ2) is 66.2. The molecule has 6 atom stereocenters. The maximum Gasteiger partial charge on any atom is 0.188 e. The molecule has 0 aliphatic heterocycles. The zero-order valence-electron chi connectivity index (χ0n) is 60.5. The smallest absolute Gasteiger partial charge is 0.188 e. The van der Waals surface area contributed by atoms with Crippen LogP contribution in [0.15, 0.2) is 133 Å². The van der Waals surface area contributed by atoms with Crippen molar-refractivity contribution >= 4 is 23.2 Å². The van der Waals surface area contributed by atoms with Crippen LogP contribution in [0.1, 0.15) is 240 Å². The van der Waals surface area contributed by atoms with E-state index in [4.69, 9.17) is 58.1 Å². The molecule has 6 aromatic rings. The lowest BCUT2D eigenvalue weighted by Gasteiger charge is -2.11. The molecule has 0 aliphatic carbocycles. The molecule has 0 bridgehead atoms. The average Bonchev–Trinajstić information content (AvgIpc) is 2.39. The highest BCUT2D eigenvalue weighted by molar-refractivity contribution is 6.30. The Morgan fingerprint density at radius 1 is 0.387 bits per heavy atom. The Morgan fingerprint density at radius 2 is 0.688 bits per heavy atom. The number of benzene rings is 6. The Kier molecular flexibility index (Phi) is 70.0. The van der Waals surface area contributed by atoms with Crippen LogP contribution in [0.4, 0.5) is 0 Å². The van der Waals surface area contributed by atoms with E-state index in [2.05, 4.69) is 200 Å². The fraction of sp³-hybridized carbons (Fsp3) is 0.493. The number of rotatable bonds is 17. The van der Waals surface area contributed by atoms with Crippen molar-refractivity contribution in [2.45, 2.75) is 191 Å². The van der Waals surface area contributed by atoms with E-state index in [1.54, 1.807) is 20.1 Å². The van der Waals surface area contributed by atoms with Crippen LogP contribution < -0.4 is 4.74 Å². The third-order valence-corrected chi connectivity index (χ3v) is 14.9. The van der Waals surface area contributed by atoms with Crippen LogP contribution in [-0.4, -0.2) is 110 Å². The molecule has 0 saturated heterocycles. The number of aliphatic hydroxyl groups is 2. The van der Waals surface area contributed by atoms with Gasteiger partial charge in [-0.3, -0.25) is 41.1 Å². The lowest BCUT2D eigenvalue weighted by atomic mass is 9.95. The molecule has 6 unspecified atom stereocenters. The number of hydrogen-bond acceptors (Lipinski definition) is 17. The summed E-state index contributed by atoms with van der Waals surface area (Å²) in [6, 6.07) is 44.8. The van der Waals surface area contributed by atoms with E-state index in [9.17, 15) is 9.59 Å². The Morgan fingerprint density at radius 3 is 1.01 bits per heavy atom. The van der Waals surface area contributed by atoms with Crippen molar-refractivity contribution in [3.63, 3.8) is 0 Å². The van der Waals surface area contributed by atoms with Gasteiger partial charge in [-0.05, 0) is 188 Å². The summed E-state index contributed by atoms with van der Waals surface area (Å²) in [7, 11) is 8.80. The highest BCUT2D eigenvalue weighted by atomic mass is 35.5. The average molecular weight is 1330 g/mol. The van der Waals surface area contributed by atoms with E-state index in [0.29, 0.717) is 41.1 Å². The minimum absolute atomic E-state index is 0.143. The van der Waals surface area contributed by atoms with Crippen LogP contribution in [-0.2, 0) is 35.9 Å². The van der Waals surface area contributed by atoms with Gasteiger partial charge in [0, 0.05) is 16.1 Å². The molecule has 8 N–H and O–H groups in total. The SMILES string of the molecule is CCC(C)c1ccc(C)c(C)c1.CCC(C)c1ccc(Cl)cc1.CCC(C)c1ccc(OC)c(C)c1.CCC(C)c1cccc(C(=O)CO)c1.CCC(C)c1cccc(C(C)=O)c1.CCC(C)c1cccc(CO)c1.COO.COO.COO.COO.COO.COO. The number of methoxy groups -OCH3 is 1. The molecule has 18 heteroatoms. The molecule has 17 nitrogen and oxygen atoms in total. The fourth-order valence-electron chi connectivity index (χ4n) is 7.66. The largest absolute Gasteiger partial charge is 0.496 e. The van der Waals surface area contributed by atoms with Crippen molar-refractivity contribution in [1.82, 2.24) is 0 Å². The van der Waals surface area contributed by atoms with Crippen LogP contribution >= 0.6 is 11.6 Å². The number of Topliss-reactive ketones (excluding diaryl/α,β-unsaturated/α-hetero) is 2. The van der Waals surface area contributed by atoms with E-state index in [1.807, 2.05) is 60.7 Å². The number of carbonyl (C=O) groups excluding carboxylic acids is 2. The molecule has 6 aromatic carbocycles. The topological polar surface area (TPSA) is 261 Å². The van der Waals surface area contributed by atoms with Gasteiger partial charge in [-0.2, -0.15) is 0 Å². The van der Waals surface area contributed by atoms with E-state index >= 15 is 0 Å². The van der Waals surface area contributed by atoms with Crippen molar-refractivity contribution in [2.75, 3.05) is 56.4 Å². The molecule has 6 rings (SSSR count). The summed E-state index contributed by atoms with van der Waals surface area (Å²) in [4.78, 5) is 41.8. The van der Waals surface area contributed by atoms with Gasteiger partial charge < -0.3 is 14.9 Å². The first kappa shape index (κ1) is 98.3. The van der Waals surface area contributed by atoms with Gasteiger partial charge in [0.1, 0.15) is 12.4 Å². The van der Waals surface area contributed by atoms with Crippen molar-refractivity contribution < 1.29 is 85.4 Å². The Hall–Kier alpha value is -5.81. The van der Waals surface area contributed by atoms with Crippen molar-refractivity contribution in [3.8, 4) is 5.75 Å². The van der Waals surface area contributed by atoms with Gasteiger partial charge in [0.25, 0.3) is 0 Å². The van der Waals surface area contributed by atoms with E-state index in [-0.39, 0.29) is 18.2 Å². The molecule has 530 valence electrons. The summed E-state index contributed by atoms with van der Waals surface area (Å²) in [5.74, 6) is 4.49. The summed E-state index contributed by atoms with van der Waals surface area (Å²) in [6.07, 6.45) is 6.91. The lowest BCUT2D eigenvalue weighted by molar-refractivity contribution is -0.215. The minimum Gasteiger partial charge on any atom is -0.496 e. The Balaban J connectivity index is -0.000000232. The second-order valence-corrected chi connectivity index (χ2v) is 21.8. The summed E-state index contributed by atoms with van der Waals surface area (Å²) in [5.41, 5.74) is 14.4. The first-order valence-corrected chi connectivity index (χ1v) is 31.6. The monoisotopic (exact) mass is 1330 g/mol. The lowest BCUT2D eigenvalue weighted by Crippen LogP contribution is -2.05. The van der Waals surface area contributed by atoms with E-state index in [0.717, 1.165) is 46.7 Å². The van der Waals surface area contributed by atoms with Gasteiger partial charge in [-0.1, -0.05) is 198 Å². The third-order valence-electron chi connectivity index (χ3n) is 14.7. The number of aryl methyl sites for hydroxylation is 3. The van der Waals surface area contributed by atoms with Crippen LogP contribution in [0.25, 0.3) is 0 Å². The molecule has 93 heavy (non-hydrogen) atoms. The predicted octanol–water partition coefficient (Wildman–Crippen LogP) is 20.3. The van der Waals surface area contributed by atoms with Crippen molar-refractivity contribution in [3.05, 3.63) is 205 Å². The van der Waals surface area contributed by atoms with Gasteiger partial charge in [0.15, 0.2) is 11.6 Å². The first-order valence-electron chi connectivity index (χ1n) is 31.2. The molecule has 0 aliphatic rings. The summed E-state index contributed by atoms with van der Waals surface area (Å²) in [6.45, 7) is 34.1. The zero-order chi connectivity index (χ0) is 72.9. The molecule has 0 spiro atoms. The number of aliphatic hydroxyl groups excluding tert-OH is 2. The van der Waals surface area contributed by atoms with Gasteiger partial charge in [-0.25, -0.2) is 29.3 Å². The van der Waals surface area contributed by atoms with Gasteiger partial charge in [-0.15, -0.1) is 0 Å². The van der Waals surface area contributed by atoms with Crippen LogP contribution in [0.3, 0.4) is 0 Å².